The molecule has 1 amide bonds. The van der Waals surface area contributed by atoms with Gasteiger partial charge in [0.05, 0.1) is 10.4 Å². The van der Waals surface area contributed by atoms with Crippen molar-refractivity contribution < 1.29 is 4.79 Å². The zero-order valence-electron chi connectivity index (χ0n) is 10.4. The van der Waals surface area contributed by atoms with Gasteiger partial charge in [-0.2, -0.15) is 5.10 Å². The van der Waals surface area contributed by atoms with Gasteiger partial charge in [-0.25, -0.2) is 4.98 Å². The highest BCUT2D eigenvalue weighted by Crippen LogP contribution is 2.28. The predicted molar refractivity (Wildman–Crippen MR) is 79.6 cm³/mol. The summed E-state index contributed by atoms with van der Waals surface area (Å²) in [5, 5.41) is 8.89. The molecule has 0 radical (unpaired) electrons. The first-order valence-corrected chi connectivity index (χ1v) is 7.56. The minimum atomic E-state index is -0.157. The molecule has 0 saturated heterocycles. The molecule has 0 spiro atoms. The molecule has 100 valence electrons. The molecule has 0 unspecified atom stereocenters. The van der Waals surface area contributed by atoms with Crippen LogP contribution in [-0.4, -0.2) is 25.1 Å². The number of rotatable bonds is 2. The molecular weight excluding hydrogens is 294 g/mol. The Morgan fingerprint density at radius 3 is 3.10 bits per heavy atom. The molecule has 0 aliphatic rings. The molecule has 8 heteroatoms. The van der Waals surface area contributed by atoms with Crippen molar-refractivity contribution >= 4 is 49.7 Å². The highest BCUT2D eigenvalue weighted by Gasteiger charge is 2.15. The number of fused-ring (bicyclic) bond motifs is 3. The summed E-state index contributed by atoms with van der Waals surface area (Å²) in [5.74, 6) is 0.391. The third-order valence-corrected chi connectivity index (χ3v) is 4.69. The maximum atomic E-state index is 12.2. The van der Waals surface area contributed by atoms with Crippen molar-refractivity contribution in [3.63, 3.8) is 0 Å². The Kier molecular flexibility index (Phi) is 2.41. The Labute approximate surface area is 121 Å². The van der Waals surface area contributed by atoms with Crippen LogP contribution in [0.2, 0.25) is 0 Å². The Morgan fingerprint density at radius 1 is 1.40 bits per heavy atom. The predicted octanol–water partition coefficient (Wildman–Crippen LogP) is 2.60. The number of aromatic nitrogens is 4. The Morgan fingerprint density at radius 2 is 2.30 bits per heavy atom. The zero-order chi connectivity index (χ0) is 13.7. The van der Waals surface area contributed by atoms with E-state index in [4.69, 9.17) is 0 Å². The third kappa shape index (κ3) is 1.73. The molecule has 1 N–H and O–H groups in total. The average Bonchev–Trinajstić information content (AvgIpc) is 3.10. The summed E-state index contributed by atoms with van der Waals surface area (Å²) in [6.07, 6.45) is 3.75. The van der Waals surface area contributed by atoms with Gasteiger partial charge in [0.15, 0.2) is 10.8 Å². The van der Waals surface area contributed by atoms with Gasteiger partial charge in [0.2, 0.25) is 0 Å². The fourth-order valence-electron chi connectivity index (χ4n) is 2.02. The Balaban J connectivity index is 1.70. The monoisotopic (exact) mass is 303 g/mol. The van der Waals surface area contributed by atoms with Crippen molar-refractivity contribution in [1.82, 2.24) is 19.2 Å². The molecule has 0 aliphatic heterocycles. The first-order chi connectivity index (χ1) is 9.70. The van der Waals surface area contributed by atoms with Crippen LogP contribution in [0.4, 0.5) is 5.82 Å². The van der Waals surface area contributed by atoms with E-state index in [0.29, 0.717) is 10.7 Å². The maximum Gasteiger partial charge on any atom is 0.267 e. The maximum absolute atomic E-state index is 12.2. The molecule has 0 saturated carbocycles. The van der Waals surface area contributed by atoms with Crippen LogP contribution in [0.1, 0.15) is 9.67 Å². The number of nitrogens with zero attached hydrogens (tertiary/aromatic N) is 4. The molecule has 4 aromatic rings. The fourth-order valence-corrected chi connectivity index (χ4v) is 3.71. The first-order valence-electron chi connectivity index (χ1n) is 5.87. The van der Waals surface area contributed by atoms with E-state index in [2.05, 4.69) is 15.4 Å². The van der Waals surface area contributed by atoms with Crippen molar-refractivity contribution in [1.29, 1.82) is 0 Å². The third-order valence-electron chi connectivity index (χ3n) is 2.92. The normalized spacial score (nSPS) is 11.4. The quantitative estimate of drug-likeness (QED) is 0.619. The summed E-state index contributed by atoms with van der Waals surface area (Å²) in [7, 11) is 1.81. The number of amides is 1. The smallest absolute Gasteiger partial charge is 0.267 e. The summed E-state index contributed by atoms with van der Waals surface area (Å²) in [6, 6.07) is 3.63. The summed E-state index contributed by atoms with van der Waals surface area (Å²) < 4.78 is 3.64. The number of thiophene rings is 1. The van der Waals surface area contributed by atoms with Gasteiger partial charge in [0.25, 0.3) is 5.91 Å². The molecule has 0 bridgehead atoms. The SMILES string of the molecule is Cn1ccc(NC(=O)c2cc3c(nc4sccn43)s2)n1. The van der Waals surface area contributed by atoms with Crippen LogP contribution < -0.4 is 5.32 Å². The second-order valence-corrected chi connectivity index (χ2v) is 6.20. The number of anilines is 1. The van der Waals surface area contributed by atoms with Gasteiger partial charge in [-0.15, -0.1) is 22.7 Å². The average molecular weight is 303 g/mol. The second-order valence-electron chi connectivity index (χ2n) is 4.30. The van der Waals surface area contributed by atoms with Crippen LogP contribution in [-0.2, 0) is 7.05 Å². The van der Waals surface area contributed by atoms with Gasteiger partial charge in [0, 0.05) is 30.9 Å². The number of carbonyl (C=O) groups excluding carboxylic acids is 1. The summed E-state index contributed by atoms with van der Waals surface area (Å²) in [4.78, 5) is 19.1. The van der Waals surface area contributed by atoms with Gasteiger partial charge in [-0.1, -0.05) is 0 Å². The molecule has 0 aromatic carbocycles. The molecule has 4 rings (SSSR count). The summed E-state index contributed by atoms with van der Waals surface area (Å²) >= 11 is 2.97. The minimum Gasteiger partial charge on any atom is -0.304 e. The number of hydrogen-bond donors (Lipinski definition) is 1. The van der Waals surface area contributed by atoms with Crippen LogP contribution in [0, 0.1) is 0 Å². The van der Waals surface area contributed by atoms with Crippen LogP contribution in [0.25, 0.3) is 15.3 Å². The molecular formula is C12H9N5OS2. The van der Waals surface area contributed by atoms with Crippen LogP contribution in [0.3, 0.4) is 0 Å². The van der Waals surface area contributed by atoms with E-state index in [-0.39, 0.29) is 5.91 Å². The summed E-state index contributed by atoms with van der Waals surface area (Å²) in [6.45, 7) is 0. The van der Waals surface area contributed by atoms with E-state index >= 15 is 0 Å². The topological polar surface area (TPSA) is 64.2 Å². The van der Waals surface area contributed by atoms with Crippen LogP contribution >= 0.6 is 22.7 Å². The van der Waals surface area contributed by atoms with Crippen molar-refractivity contribution in [2.75, 3.05) is 5.32 Å². The number of carbonyl (C=O) groups is 1. The molecule has 4 aromatic heterocycles. The van der Waals surface area contributed by atoms with E-state index in [1.54, 1.807) is 28.3 Å². The standard InChI is InChI=1S/C12H9N5OS2/c1-16-3-2-9(15-16)13-10(18)8-6-7-11(20-8)14-12-17(7)4-5-19-12/h2-6H,1H3,(H,13,15,18). The van der Waals surface area contributed by atoms with Crippen molar-refractivity contribution in [3.05, 3.63) is 34.8 Å². The van der Waals surface area contributed by atoms with Gasteiger partial charge in [-0.3, -0.25) is 13.9 Å². The Bertz CT molecular complexity index is 928. The fraction of sp³-hybridized carbons (Fsp3) is 0.0833. The second kappa shape index (κ2) is 4.15. The summed E-state index contributed by atoms with van der Waals surface area (Å²) in [5.41, 5.74) is 0.970. The van der Waals surface area contributed by atoms with Gasteiger partial charge >= 0.3 is 0 Å². The molecule has 20 heavy (non-hydrogen) atoms. The van der Waals surface area contributed by atoms with Crippen LogP contribution in [0.15, 0.2) is 29.9 Å². The lowest BCUT2D eigenvalue weighted by Crippen LogP contribution is -2.10. The van der Waals surface area contributed by atoms with Crippen molar-refractivity contribution in [2.45, 2.75) is 0 Å². The number of nitrogens with one attached hydrogen (secondary N) is 1. The lowest BCUT2D eigenvalue weighted by atomic mass is 10.4. The van der Waals surface area contributed by atoms with Crippen molar-refractivity contribution in [3.8, 4) is 0 Å². The van der Waals surface area contributed by atoms with Crippen LogP contribution in [0.5, 0.6) is 0 Å². The van der Waals surface area contributed by atoms with E-state index in [1.807, 2.05) is 29.1 Å². The molecule has 4 heterocycles. The van der Waals surface area contributed by atoms with Crippen molar-refractivity contribution in [2.24, 2.45) is 7.05 Å². The minimum absolute atomic E-state index is 0.157. The lowest BCUT2D eigenvalue weighted by molar-refractivity contribution is 0.103. The van der Waals surface area contributed by atoms with E-state index in [9.17, 15) is 4.79 Å². The van der Waals surface area contributed by atoms with E-state index in [1.165, 1.54) is 11.3 Å². The number of imidazole rings is 1. The molecule has 0 aliphatic carbocycles. The van der Waals surface area contributed by atoms with Gasteiger partial charge < -0.3 is 5.32 Å². The molecule has 0 atom stereocenters. The van der Waals surface area contributed by atoms with Gasteiger partial charge in [-0.05, 0) is 6.07 Å². The lowest BCUT2D eigenvalue weighted by Gasteiger charge is -1.97. The number of hydrogen-bond acceptors (Lipinski definition) is 5. The zero-order valence-corrected chi connectivity index (χ0v) is 12.0. The first kappa shape index (κ1) is 11.6. The van der Waals surface area contributed by atoms with E-state index < -0.39 is 0 Å². The number of aryl methyl sites for hydroxylation is 1. The van der Waals surface area contributed by atoms with E-state index in [0.717, 1.165) is 15.3 Å². The Hall–Kier alpha value is -2.19. The number of thiazole rings is 1. The largest absolute Gasteiger partial charge is 0.304 e. The molecule has 6 nitrogen and oxygen atoms in total. The molecule has 0 fully saturated rings. The van der Waals surface area contributed by atoms with Gasteiger partial charge in [0.1, 0.15) is 4.83 Å². The highest BCUT2D eigenvalue weighted by molar-refractivity contribution is 7.21. The highest BCUT2D eigenvalue weighted by atomic mass is 32.1.